The molecule has 0 atom stereocenters. The quantitative estimate of drug-likeness (QED) is 0.609. The summed E-state index contributed by atoms with van der Waals surface area (Å²) >= 11 is 6.03. The number of fused-ring (bicyclic) bond motifs is 1. The van der Waals surface area contributed by atoms with Crippen LogP contribution in [-0.4, -0.2) is 35.2 Å². The van der Waals surface area contributed by atoms with Crippen molar-refractivity contribution < 1.29 is 9.53 Å². The lowest BCUT2D eigenvalue weighted by Crippen LogP contribution is -2.39. The van der Waals surface area contributed by atoms with E-state index in [0.29, 0.717) is 33.1 Å². The van der Waals surface area contributed by atoms with Crippen LogP contribution in [0.1, 0.15) is 29.6 Å². The summed E-state index contributed by atoms with van der Waals surface area (Å²) in [5.74, 6) is 0.0102. The molecule has 1 saturated heterocycles. The first-order chi connectivity index (χ1) is 15.3. The molecule has 1 N–H and O–H groups in total. The number of rotatable bonds is 4. The Balaban J connectivity index is 1.87. The smallest absolute Gasteiger partial charge is 0.316 e. The second-order valence-electron chi connectivity index (χ2n) is 7.93. The number of methoxy groups -OCH3 is 1. The van der Waals surface area contributed by atoms with Crippen LogP contribution in [0.4, 0.5) is 11.4 Å². The number of hydrogen-bond donors (Lipinski definition) is 1. The molecule has 0 aliphatic carbocycles. The maximum atomic E-state index is 13.2. The summed E-state index contributed by atoms with van der Waals surface area (Å²) < 4.78 is 8.00. The number of anilines is 2. The number of aromatic nitrogens is 2. The van der Waals surface area contributed by atoms with Crippen molar-refractivity contribution in [2.75, 3.05) is 30.4 Å². The zero-order valence-corrected chi connectivity index (χ0v) is 19.0. The van der Waals surface area contributed by atoms with Gasteiger partial charge in [0.25, 0.3) is 5.91 Å². The molecule has 9 heteroatoms. The minimum Gasteiger partial charge on any atom is -0.496 e. The number of aryl methyl sites for hydroxylation is 2. The molecule has 1 amide bonds. The number of carbonyl (C=O) groups is 1. The Morgan fingerprint density at radius 1 is 0.969 bits per heavy atom. The van der Waals surface area contributed by atoms with Crippen molar-refractivity contribution in [2.24, 2.45) is 14.1 Å². The van der Waals surface area contributed by atoms with Crippen LogP contribution in [0, 0.1) is 0 Å². The first kappa shape index (κ1) is 22.0. The van der Waals surface area contributed by atoms with E-state index >= 15 is 0 Å². The van der Waals surface area contributed by atoms with E-state index in [1.165, 1.54) is 16.2 Å². The molecule has 0 spiro atoms. The third-order valence-electron chi connectivity index (χ3n) is 5.96. The Morgan fingerprint density at radius 3 is 2.22 bits per heavy atom. The Morgan fingerprint density at radius 2 is 1.59 bits per heavy atom. The Labute approximate surface area is 190 Å². The number of carbonyl (C=O) groups excluding carboxylic acids is 1. The Hall–Kier alpha value is -3.26. The van der Waals surface area contributed by atoms with Crippen molar-refractivity contribution in [3.63, 3.8) is 0 Å². The molecule has 1 aliphatic heterocycles. The number of nitrogens with zero attached hydrogens (tertiary/aromatic N) is 3. The molecule has 3 aromatic rings. The van der Waals surface area contributed by atoms with E-state index < -0.39 is 11.1 Å². The van der Waals surface area contributed by atoms with Gasteiger partial charge in [-0.1, -0.05) is 11.6 Å². The highest BCUT2D eigenvalue weighted by atomic mass is 35.5. The van der Waals surface area contributed by atoms with Crippen LogP contribution in [0.25, 0.3) is 11.0 Å². The van der Waals surface area contributed by atoms with Gasteiger partial charge in [-0.3, -0.25) is 14.4 Å². The van der Waals surface area contributed by atoms with Crippen molar-refractivity contribution in [1.82, 2.24) is 9.13 Å². The number of halogens is 1. The maximum absolute atomic E-state index is 13.2. The molecule has 1 aliphatic rings. The largest absolute Gasteiger partial charge is 0.496 e. The van der Waals surface area contributed by atoms with Crippen molar-refractivity contribution in [1.29, 1.82) is 0 Å². The average Bonchev–Trinajstić information content (AvgIpc) is 2.81. The summed E-state index contributed by atoms with van der Waals surface area (Å²) in [6.07, 6.45) is 3.24. The van der Waals surface area contributed by atoms with E-state index in [1.54, 1.807) is 38.4 Å². The predicted octanol–water partition coefficient (Wildman–Crippen LogP) is 3.14. The minimum atomic E-state index is -0.623. The normalized spacial score (nSPS) is 13.9. The molecule has 0 bridgehead atoms. The molecule has 1 fully saturated rings. The van der Waals surface area contributed by atoms with Crippen LogP contribution in [0.5, 0.6) is 5.75 Å². The lowest BCUT2D eigenvalue weighted by Gasteiger charge is -2.31. The molecule has 2 aromatic carbocycles. The van der Waals surface area contributed by atoms with E-state index in [1.807, 2.05) is 6.07 Å². The Kier molecular flexibility index (Phi) is 5.97. The monoisotopic (exact) mass is 456 g/mol. The second-order valence-corrected chi connectivity index (χ2v) is 8.37. The molecule has 0 unspecified atom stereocenters. The van der Waals surface area contributed by atoms with Gasteiger partial charge < -0.3 is 24.1 Å². The summed E-state index contributed by atoms with van der Waals surface area (Å²) in [7, 11) is 4.62. The lowest BCUT2D eigenvalue weighted by atomic mass is 10.1. The number of amides is 1. The third kappa shape index (κ3) is 3.86. The number of hydrogen-bond acceptors (Lipinski definition) is 5. The van der Waals surface area contributed by atoms with E-state index in [9.17, 15) is 14.4 Å². The fourth-order valence-corrected chi connectivity index (χ4v) is 4.31. The molecule has 8 nitrogen and oxygen atoms in total. The number of nitrogens with one attached hydrogen (secondary N) is 1. The van der Waals surface area contributed by atoms with E-state index in [4.69, 9.17) is 16.3 Å². The SMILES string of the molecule is COc1cc(Cl)ccc1C(=O)Nc1cc2c(cc1N1CCCCC1)n(C)c(=O)c(=O)n2C. The topological polar surface area (TPSA) is 85.6 Å². The van der Waals surface area contributed by atoms with Crippen molar-refractivity contribution >= 4 is 39.9 Å². The van der Waals surface area contributed by atoms with E-state index in [-0.39, 0.29) is 5.91 Å². The van der Waals surface area contributed by atoms with Gasteiger partial charge in [-0.2, -0.15) is 0 Å². The Bertz CT molecular complexity index is 1320. The molecule has 0 radical (unpaired) electrons. The zero-order valence-electron chi connectivity index (χ0n) is 18.3. The number of piperidine rings is 1. The van der Waals surface area contributed by atoms with E-state index in [2.05, 4.69) is 10.2 Å². The molecule has 32 heavy (non-hydrogen) atoms. The van der Waals surface area contributed by atoms with Gasteiger partial charge in [0.15, 0.2) is 0 Å². The number of benzene rings is 2. The van der Waals surface area contributed by atoms with Crippen LogP contribution in [-0.2, 0) is 14.1 Å². The van der Waals surface area contributed by atoms with Gasteiger partial charge in [0.2, 0.25) is 0 Å². The molecular formula is C23H25ClN4O4. The maximum Gasteiger partial charge on any atom is 0.316 e. The second kappa shape index (κ2) is 8.70. The van der Waals surface area contributed by atoms with Crippen molar-refractivity contribution in [2.45, 2.75) is 19.3 Å². The summed E-state index contributed by atoms with van der Waals surface area (Å²) in [6.45, 7) is 1.69. The highest BCUT2D eigenvalue weighted by Gasteiger charge is 2.21. The van der Waals surface area contributed by atoms with Gasteiger partial charge in [0.1, 0.15) is 5.75 Å². The molecule has 2 heterocycles. The van der Waals surface area contributed by atoms with Crippen LogP contribution in [0.15, 0.2) is 39.9 Å². The molecule has 168 valence electrons. The van der Waals surface area contributed by atoms with Gasteiger partial charge in [-0.25, -0.2) is 0 Å². The number of ether oxygens (including phenoxy) is 1. The first-order valence-electron chi connectivity index (χ1n) is 10.5. The summed E-state index contributed by atoms with van der Waals surface area (Å²) in [4.78, 5) is 40.1. The molecular weight excluding hydrogens is 432 g/mol. The third-order valence-corrected chi connectivity index (χ3v) is 6.20. The summed E-state index contributed by atoms with van der Waals surface area (Å²) in [5.41, 5.74) is 1.68. The van der Waals surface area contributed by atoms with Crippen molar-refractivity contribution in [3.8, 4) is 5.75 Å². The van der Waals surface area contributed by atoms with Gasteiger partial charge in [-0.05, 0) is 49.6 Å². The fraction of sp³-hybridized carbons (Fsp3) is 0.348. The minimum absolute atomic E-state index is 0.343. The van der Waals surface area contributed by atoms with Crippen molar-refractivity contribution in [3.05, 3.63) is 61.6 Å². The van der Waals surface area contributed by atoms with Gasteiger partial charge in [0.05, 0.1) is 35.1 Å². The highest BCUT2D eigenvalue weighted by molar-refractivity contribution is 6.31. The summed E-state index contributed by atoms with van der Waals surface area (Å²) in [5, 5.41) is 3.45. The zero-order chi connectivity index (χ0) is 23.0. The van der Waals surface area contributed by atoms with Gasteiger partial charge >= 0.3 is 11.1 Å². The van der Waals surface area contributed by atoms with Gasteiger partial charge in [0, 0.05) is 32.2 Å². The molecule has 1 aromatic heterocycles. The van der Waals surface area contributed by atoms with Crippen LogP contribution >= 0.6 is 11.6 Å². The lowest BCUT2D eigenvalue weighted by molar-refractivity contribution is 0.102. The van der Waals surface area contributed by atoms with E-state index in [0.717, 1.165) is 38.0 Å². The van der Waals surface area contributed by atoms with Gasteiger partial charge in [-0.15, -0.1) is 0 Å². The first-order valence-corrected chi connectivity index (χ1v) is 10.8. The predicted molar refractivity (Wildman–Crippen MR) is 126 cm³/mol. The van der Waals surface area contributed by atoms with Crippen LogP contribution < -0.4 is 26.1 Å². The summed E-state index contributed by atoms with van der Waals surface area (Å²) in [6, 6.07) is 8.44. The van der Waals surface area contributed by atoms with Crippen LogP contribution in [0.2, 0.25) is 5.02 Å². The molecule has 4 rings (SSSR count). The molecule has 0 saturated carbocycles. The standard InChI is InChI=1S/C23H25ClN4O4/c1-26-18-12-16(25-21(29)15-8-7-14(24)11-20(15)32-3)17(28-9-5-4-6-10-28)13-19(18)27(2)23(31)22(26)30/h7-8,11-13H,4-6,9-10H2,1-3H3,(H,25,29). The van der Waals surface area contributed by atoms with Crippen LogP contribution in [0.3, 0.4) is 0 Å². The fourth-order valence-electron chi connectivity index (χ4n) is 4.15. The average molecular weight is 457 g/mol. The highest BCUT2D eigenvalue weighted by Crippen LogP contribution is 2.33.